The normalized spacial score (nSPS) is 12.7. The molecule has 0 bridgehead atoms. The lowest BCUT2D eigenvalue weighted by Gasteiger charge is -2.18. The van der Waals surface area contributed by atoms with Gasteiger partial charge in [-0.15, -0.1) is 0 Å². The standard InChI is InChI=1S/C13H7F6N/c1-2-7-8-5-3-4-6-9(8)20-11(13(17,18)19)10(7)12(14,15)16/h2-6H,1H2. The number of hydrogen-bond donors (Lipinski definition) is 0. The third-order valence-corrected chi connectivity index (χ3v) is 2.69. The third kappa shape index (κ3) is 2.35. The van der Waals surface area contributed by atoms with Crippen LogP contribution in [-0.2, 0) is 12.4 Å². The van der Waals surface area contributed by atoms with Crippen molar-refractivity contribution in [1.82, 2.24) is 4.98 Å². The Morgan fingerprint density at radius 1 is 0.950 bits per heavy atom. The van der Waals surface area contributed by atoms with E-state index in [9.17, 15) is 26.3 Å². The molecule has 7 heteroatoms. The van der Waals surface area contributed by atoms with Gasteiger partial charge in [0.2, 0.25) is 0 Å². The number of fused-ring (bicyclic) bond motifs is 1. The molecule has 0 aliphatic carbocycles. The van der Waals surface area contributed by atoms with Crippen molar-refractivity contribution in [3.8, 4) is 0 Å². The number of para-hydroxylation sites is 1. The van der Waals surface area contributed by atoms with Crippen molar-refractivity contribution < 1.29 is 26.3 Å². The van der Waals surface area contributed by atoms with Crippen molar-refractivity contribution in [2.24, 2.45) is 0 Å². The summed E-state index contributed by atoms with van der Waals surface area (Å²) in [6, 6.07) is 5.31. The molecule has 1 heterocycles. The summed E-state index contributed by atoms with van der Waals surface area (Å²) in [5.41, 5.74) is -4.53. The van der Waals surface area contributed by atoms with Gasteiger partial charge >= 0.3 is 12.4 Å². The lowest BCUT2D eigenvalue weighted by atomic mass is 9.99. The molecule has 1 aromatic carbocycles. The fourth-order valence-electron chi connectivity index (χ4n) is 1.94. The van der Waals surface area contributed by atoms with Crippen molar-refractivity contribution in [2.75, 3.05) is 0 Å². The highest BCUT2D eigenvalue weighted by atomic mass is 19.4. The van der Waals surface area contributed by atoms with Gasteiger partial charge in [0.05, 0.1) is 11.1 Å². The van der Waals surface area contributed by atoms with E-state index in [2.05, 4.69) is 11.6 Å². The fraction of sp³-hybridized carbons (Fsp3) is 0.154. The summed E-state index contributed by atoms with van der Waals surface area (Å²) in [5, 5.41) is -0.0252. The summed E-state index contributed by atoms with van der Waals surface area (Å²) in [6.45, 7) is 3.18. The van der Waals surface area contributed by atoms with Crippen LogP contribution in [0, 0.1) is 0 Å². The van der Waals surface area contributed by atoms with E-state index in [4.69, 9.17) is 0 Å². The SMILES string of the molecule is C=Cc1c(C(F)(F)F)c(C(F)(F)F)nc2ccccc12. The number of rotatable bonds is 1. The Balaban J connectivity index is 3.01. The summed E-state index contributed by atoms with van der Waals surface area (Å²) in [6.07, 6.45) is -9.61. The minimum atomic E-state index is -5.20. The maximum Gasteiger partial charge on any atom is 0.433 e. The zero-order valence-corrected chi connectivity index (χ0v) is 9.81. The van der Waals surface area contributed by atoms with Crippen LogP contribution in [0.25, 0.3) is 17.0 Å². The van der Waals surface area contributed by atoms with Crippen LogP contribution in [-0.4, -0.2) is 4.98 Å². The molecule has 0 saturated heterocycles. The molecule has 0 radical (unpaired) electrons. The lowest BCUT2D eigenvalue weighted by Crippen LogP contribution is -2.20. The van der Waals surface area contributed by atoms with Crippen LogP contribution in [0.2, 0.25) is 0 Å². The average molecular weight is 291 g/mol. The van der Waals surface area contributed by atoms with E-state index >= 15 is 0 Å². The van der Waals surface area contributed by atoms with Crippen molar-refractivity contribution in [3.05, 3.63) is 47.7 Å². The minimum absolute atomic E-state index is 0.0252. The Hall–Kier alpha value is -2.05. The van der Waals surface area contributed by atoms with E-state index in [0.717, 1.165) is 6.08 Å². The number of benzene rings is 1. The molecule has 0 spiro atoms. The van der Waals surface area contributed by atoms with Crippen LogP contribution < -0.4 is 0 Å². The third-order valence-electron chi connectivity index (χ3n) is 2.69. The number of alkyl halides is 6. The molecule has 20 heavy (non-hydrogen) atoms. The zero-order valence-electron chi connectivity index (χ0n) is 9.81. The van der Waals surface area contributed by atoms with E-state index in [1.165, 1.54) is 24.3 Å². The van der Waals surface area contributed by atoms with Crippen LogP contribution in [0.15, 0.2) is 30.8 Å². The second kappa shape index (κ2) is 4.50. The molecule has 0 N–H and O–H groups in total. The molecule has 2 aromatic rings. The van der Waals surface area contributed by atoms with Crippen molar-refractivity contribution in [1.29, 1.82) is 0 Å². The van der Waals surface area contributed by atoms with Gasteiger partial charge in [0.25, 0.3) is 0 Å². The Morgan fingerprint density at radius 2 is 1.55 bits per heavy atom. The Morgan fingerprint density at radius 3 is 2.05 bits per heavy atom. The molecular weight excluding hydrogens is 284 g/mol. The summed E-state index contributed by atoms with van der Waals surface area (Å²) in [5.74, 6) is 0. The topological polar surface area (TPSA) is 12.9 Å². The van der Waals surface area contributed by atoms with Gasteiger partial charge in [-0.3, -0.25) is 0 Å². The molecule has 0 aliphatic rings. The predicted molar refractivity (Wildman–Crippen MR) is 61.8 cm³/mol. The molecule has 0 saturated carbocycles. The quantitative estimate of drug-likeness (QED) is 0.680. The highest BCUT2D eigenvalue weighted by molar-refractivity contribution is 5.89. The number of hydrogen-bond acceptors (Lipinski definition) is 1. The maximum absolute atomic E-state index is 13.0. The predicted octanol–water partition coefficient (Wildman–Crippen LogP) is 4.92. The monoisotopic (exact) mass is 291 g/mol. The van der Waals surface area contributed by atoms with Crippen LogP contribution in [0.3, 0.4) is 0 Å². The molecule has 1 nitrogen and oxygen atoms in total. The first-order chi connectivity index (χ1) is 9.16. The van der Waals surface area contributed by atoms with E-state index in [0.29, 0.717) is 0 Å². The first kappa shape index (κ1) is 14.4. The first-order valence-corrected chi connectivity index (χ1v) is 5.36. The molecule has 2 rings (SSSR count). The molecule has 0 unspecified atom stereocenters. The molecule has 0 atom stereocenters. The largest absolute Gasteiger partial charge is 0.433 e. The number of aromatic nitrogens is 1. The molecule has 0 amide bonds. The van der Waals surface area contributed by atoms with Crippen LogP contribution in [0.5, 0.6) is 0 Å². The summed E-state index contributed by atoms with van der Waals surface area (Å²) < 4.78 is 77.4. The second-order valence-electron chi connectivity index (χ2n) is 3.97. The van der Waals surface area contributed by atoms with Gasteiger partial charge in [0.15, 0.2) is 5.69 Å². The molecule has 106 valence electrons. The van der Waals surface area contributed by atoms with E-state index in [1.807, 2.05) is 0 Å². The van der Waals surface area contributed by atoms with Crippen LogP contribution in [0.1, 0.15) is 16.8 Å². The molecule has 1 aromatic heterocycles. The van der Waals surface area contributed by atoms with Crippen molar-refractivity contribution in [2.45, 2.75) is 12.4 Å². The fourth-order valence-corrected chi connectivity index (χ4v) is 1.94. The van der Waals surface area contributed by atoms with Gasteiger partial charge in [-0.1, -0.05) is 30.9 Å². The Bertz CT molecular complexity index is 669. The van der Waals surface area contributed by atoms with E-state index in [1.54, 1.807) is 0 Å². The number of pyridine rings is 1. The van der Waals surface area contributed by atoms with Crippen LogP contribution >= 0.6 is 0 Å². The average Bonchev–Trinajstić information content (AvgIpc) is 2.34. The summed E-state index contributed by atoms with van der Waals surface area (Å²) in [7, 11) is 0. The maximum atomic E-state index is 13.0. The Kier molecular flexibility index (Phi) is 3.23. The van der Waals surface area contributed by atoms with Gasteiger partial charge in [-0.05, 0) is 11.6 Å². The zero-order chi connectivity index (χ0) is 15.1. The lowest BCUT2D eigenvalue weighted by molar-refractivity contribution is -0.164. The van der Waals surface area contributed by atoms with E-state index in [-0.39, 0.29) is 10.9 Å². The highest BCUT2D eigenvalue weighted by Gasteiger charge is 2.46. The van der Waals surface area contributed by atoms with Crippen molar-refractivity contribution in [3.63, 3.8) is 0 Å². The first-order valence-electron chi connectivity index (χ1n) is 5.36. The van der Waals surface area contributed by atoms with E-state index < -0.39 is 29.2 Å². The minimum Gasteiger partial charge on any atom is -0.243 e. The molecule has 0 aliphatic heterocycles. The molecule has 0 fully saturated rings. The van der Waals surface area contributed by atoms with Gasteiger partial charge in [0.1, 0.15) is 0 Å². The number of nitrogens with zero attached hydrogens (tertiary/aromatic N) is 1. The highest BCUT2D eigenvalue weighted by Crippen LogP contribution is 2.43. The van der Waals surface area contributed by atoms with Crippen LogP contribution in [0.4, 0.5) is 26.3 Å². The Labute approximate surface area is 109 Å². The smallest absolute Gasteiger partial charge is 0.243 e. The van der Waals surface area contributed by atoms with Gasteiger partial charge in [-0.25, -0.2) is 4.98 Å². The van der Waals surface area contributed by atoms with Gasteiger partial charge in [0, 0.05) is 5.39 Å². The molecular formula is C13H7F6N. The van der Waals surface area contributed by atoms with Crippen molar-refractivity contribution >= 4 is 17.0 Å². The second-order valence-corrected chi connectivity index (χ2v) is 3.97. The summed E-state index contributed by atoms with van der Waals surface area (Å²) >= 11 is 0. The van der Waals surface area contributed by atoms with Gasteiger partial charge in [-0.2, -0.15) is 26.3 Å². The van der Waals surface area contributed by atoms with Gasteiger partial charge < -0.3 is 0 Å². The number of halogens is 6. The summed E-state index contributed by atoms with van der Waals surface area (Å²) in [4.78, 5) is 3.13.